The van der Waals surface area contributed by atoms with Crippen LogP contribution < -0.4 is 5.73 Å². The highest BCUT2D eigenvalue weighted by atomic mass is 79.9. The number of carbonyl (C=O) groups excluding carboxylic acids is 1. The molecule has 0 rings (SSSR count). The zero-order chi connectivity index (χ0) is 9.49. The Balaban J connectivity index is 0. The van der Waals surface area contributed by atoms with Gasteiger partial charge in [-0.2, -0.15) is 13.2 Å². The molecule has 0 bridgehead atoms. The largest absolute Gasteiger partial charge is 0.448 e. The van der Waals surface area contributed by atoms with E-state index in [1.54, 1.807) is 6.92 Å². The smallest absolute Gasteiger partial charge is 0.350 e. The molecular weight excluding hydrogens is 229 g/mol. The molecule has 0 aliphatic carbocycles. The van der Waals surface area contributed by atoms with Gasteiger partial charge in [0.25, 0.3) is 0 Å². The monoisotopic (exact) mass is 234 g/mol. The maximum atomic E-state index is 10.3. The van der Waals surface area contributed by atoms with Crippen LogP contribution in [0.4, 0.5) is 18.0 Å². The van der Waals surface area contributed by atoms with Crippen molar-refractivity contribution in [3.8, 4) is 0 Å². The van der Waals surface area contributed by atoms with Gasteiger partial charge in [-0.3, -0.25) is 0 Å². The lowest BCUT2D eigenvalue weighted by atomic mass is 10.9. The van der Waals surface area contributed by atoms with Crippen molar-refractivity contribution in [2.45, 2.75) is 12.0 Å². The minimum atomic E-state index is -4.19. The molecule has 0 fully saturated rings. The first-order chi connectivity index (χ1) is 4.77. The number of rotatable bonds is 0. The van der Waals surface area contributed by atoms with Gasteiger partial charge in [0.2, 0.25) is 0 Å². The number of aliphatic imine (C=N–C) groups is 1. The van der Waals surface area contributed by atoms with Crippen molar-refractivity contribution < 1.29 is 18.0 Å². The summed E-state index contributed by atoms with van der Waals surface area (Å²) in [6.45, 7) is 1.63. The van der Waals surface area contributed by atoms with Gasteiger partial charge in [-0.1, -0.05) is 0 Å². The van der Waals surface area contributed by atoms with E-state index in [0.717, 1.165) is 0 Å². The molecule has 0 unspecified atom stereocenters. The summed E-state index contributed by atoms with van der Waals surface area (Å²) in [5.74, 6) is 0. The molecule has 0 aromatic rings. The van der Waals surface area contributed by atoms with Crippen molar-refractivity contribution in [2.75, 3.05) is 0 Å². The van der Waals surface area contributed by atoms with Gasteiger partial charge in [-0.25, -0.2) is 9.79 Å². The highest BCUT2D eigenvalue weighted by Gasteiger charge is 2.19. The van der Waals surface area contributed by atoms with E-state index in [1.807, 2.05) is 0 Å². The normalized spacial score (nSPS) is 10.6. The molecule has 0 aromatic carbocycles. The minimum Gasteiger partial charge on any atom is -0.350 e. The van der Waals surface area contributed by atoms with Gasteiger partial charge < -0.3 is 5.73 Å². The number of primary amides is 1. The predicted molar refractivity (Wildman–Crippen MR) is 38.7 cm³/mol. The van der Waals surface area contributed by atoms with Crippen molar-refractivity contribution in [3.63, 3.8) is 0 Å². The summed E-state index contributed by atoms with van der Waals surface area (Å²) in [4.78, 5) is 12.8. The fraction of sp³-hybridized carbons (Fsp3) is 0.500. The van der Waals surface area contributed by atoms with Crippen LogP contribution in [0, 0.1) is 0 Å². The van der Waals surface area contributed by atoms with E-state index in [0.29, 0.717) is 0 Å². The van der Waals surface area contributed by atoms with E-state index in [2.05, 4.69) is 10.7 Å². The summed E-state index contributed by atoms with van der Waals surface area (Å²) in [7, 11) is 0. The summed E-state index contributed by atoms with van der Waals surface area (Å²) >= 11 is 1.38. The molecule has 0 heterocycles. The van der Waals surface area contributed by atoms with Crippen LogP contribution in [-0.2, 0) is 0 Å². The third-order valence-electron chi connectivity index (χ3n) is 0.256. The lowest BCUT2D eigenvalue weighted by molar-refractivity contribution is -0.0245. The van der Waals surface area contributed by atoms with Crippen LogP contribution in [0.2, 0.25) is 0 Å². The highest BCUT2D eigenvalue weighted by Crippen LogP contribution is 2.21. The van der Waals surface area contributed by atoms with Gasteiger partial charge in [0.05, 0.1) is 0 Å². The first-order valence-electron chi connectivity index (χ1n) is 2.31. The van der Waals surface area contributed by atoms with Crippen LogP contribution in [0.25, 0.3) is 0 Å². The zero-order valence-corrected chi connectivity index (χ0v) is 7.11. The average Bonchev–Trinajstić information content (AvgIpc) is 1.58. The summed E-state index contributed by atoms with van der Waals surface area (Å²) in [5.41, 5.74) is 4.57. The molecular formula is C4H6BrF3N2O. The Labute approximate surface area is 69.6 Å². The first kappa shape index (κ1) is 13.0. The average molecular weight is 235 g/mol. The molecule has 0 radical (unpaired) electrons. The number of alkyl halides is 4. The summed E-state index contributed by atoms with van der Waals surface area (Å²) < 4.78 is 30.8. The quantitative estimate of drug-likeness (QED) is 0.507. The lowest BCUT2D eigenvalue weighted by Crippen LogP contribution is -2.02. The highest BCUT2D eigenvalue weighted by molar-refractivity contribution is 9.09. The molecule has 0 atom stereocenters. The number of carbonyl (C=O) groups is 1. The van der Waals surface area contributed by atoms with Crippen molar-refractivity contribution in [2.24, 2.45) is 10.7 Å². The number of hydrogen-bond acceptors (Lipinski definition) is 1. The maximum absolute atomic E-state index is 10.3. The number of hydrogen-bond donors (Lipinski definition) is 1. The molecule has 2 N–H and O–H groups in total. The molecule has 7 heteroatoms. The Morgan fingerprint density at radius 3 is 1.91 bits per heavy atom. The third kappa shape index (κ3) is 89.0. The second-order valence-electron chi connectivity index (χ2n) is 1.15. The van der Waals surface area contributed by atoms with Crippen molar-refractivity contribution in [3.05, 3.63) is 0 Å². The molecule has 0 saturated heterocycles. The number of halogens is 4. The number of nitrogens with zero attached hydrogens (tertiary/aromatic N) is 1. The van der Waals surface area contributed by atoms with Gasteiger partial charge in [-0.05, 0) is 6.92 Å². The fourth-order valence-electron chi connectivity index (χ4n) is 0.127. The Bertz CT molecular complexity index is 139. The van der Waals surface area contributed by atoms with Crippen LogP contribution in [0.5, 0.6) is 0 Å². The third-order valence-corrected chi connectivity index (χ3v) is 0.256. The molecule has 11 heavy (non-hydrogen) atoms. The first-order valence-corrected chi connectivity index (χ1v) is 3.10. The van der Waals surface area contributed by atoms with Gasteiger partial charge in [0.15, 0.2) is 0 Å². The Morgan fingerprint density at radius 1 is 1.64 bits per heavy atom. The SMILES string of the molecule is CC=NC(N)=O.FC(F)(F)Br. The lowest BCUT2D eigenvalue weighted by Gasteiger charge is -1.85. The van der Waals surface area contributed by atoms with E-state index in [9.17, 15) is 18.0 Å². The second kappa shape index (κ2) is 6.14. The van der Waals surface area contributed by atoms with Crippen LogP contribution in [0.3, 0.4) is 0 Å². The van der Waals surface area contributed by atoms with Crippen molar-refractivity contribution in [1.82, 2.24) is 0 Å². The fourth-order valence-corrected chi connectivity index (χ4v) is 0.127. The summed E-state index contributed by atoms with van der Waals surface area (Å²) in [5, 5.41) is -4.19. The van der Waals surface area contributed by atoms with Crippen LogP contribution in [-0.4, -0.2) is 17.3 Å². The standard InChI is InChI=1S/C3H6N2O.CBrF3/c1-2-5-3(4)6;2-1(3,4)5/h2H,1H3,(H2,4,6);. The van der Waals surface area contributed by atoms with Crippen LogP contribution in [0.1, 0.15) is 6.92 Å². The van der Waals surface area contributed by atoms with E-state index < -0.39 is 11.1 Å². The molecule has 2 amide bonds. The van der Waals surface area contributed by atoms with E-state index in [1.165, 1.54) is 22.1 Å². The Morgan fingerprint density at radius 2 is 1.91 bits per heavy atom. The molecule has 0 aliphatic rings. The second-order valence-corrected chi connectivity index (χ2v) is 2.05. The minimum absolute atomic E-state index is 0.641. The van der Waals surface area contributed by atoms with E-state index in [-0.39, 0.29) is 0 Å². The van der Waals surface area contributed by atoms with Crippen molar-refractivity contribution in [1.29, 1.82) is 0 Å². The summed E-state index contributed by atoms with van der Waals surface area (Å²) in [6, 6.07) is -0.641. The molecule has 0 spiro atoms. The Hall–Kier alpha value is -0.590. The molecule has 0 aromatic heterocycles. The maximum Gasteiger partial charge on any atom is 0.448 e. The van der Waals surface area contributed by atoms with E-state index >= 15 is 0 Å². The van der Waals surface area contributed by atoms with Gasteiger partial charge in [-0.15, -0.1) is 0 Å². The van der Waals surface area contributed by atoms with Crippen LogP contribution in [0.15, 0.2) is 4.99 Å². The van der Waals surface area contributed by atoms with Gasteiger partial charge in [0, 0.05) is 22.1 Å². The molecule has 66 valence electrons. The number of nitrogens with two attached hydrogens (primary N) is 1. The number of amides is 2. The predicted octanol–water partition coefficient (Wildman–Crippen LogP) is 2.06. The zero-order valence-electron chi connectivity index (χ0n) is 5.52. The van der Waals surface area contributed by atoms with Gasteiger partial charge in [0.1, 0.15) is 0 Å². The topological polar surface area (TPSA) is 55.4 Å². The Kier molecular flexibility index (Phi) is 7.28. The van der Waals surface area contributed by atoms with Gasteiger partial charge >= 0.3 is 11.1 Å². The number of urea groups is 1. The van der Waals surface area contributed by atoms with Crippen molar-refractivity contribution >= 4 is 28.2 Å². The molecule has 3 nitrogen and oxygen atoms in total. The molecule has 0 saturated carbocycles. The summed E-state index contributed by atoms with van der Waals surface area (Å²) in [6.07, 6.45) is 1.35. The van der Waals surface area contributed by atoms with E-state index in [4.69, 9.17) is 0 Å². The van der Waals surface area contributed by atoms with Crippen LogP contribution >= 0.6 is 15.9 Å². The molecule has 0 aliphatic heterocycles.